The van der Waals surface area contributed by atoms with Crippen LogP contribution in [0.25, 0.3) is 0 Å². The number of rotatable bonds is 4. The number of methoxy groups -OCH3 is 1. The summed E-state index contributed by atoms with van der Waals surface area (Å²) in [6, 6.07) is 0. The van der Waals surface area contributed by atoms with Gasteiger partial charge in [-0.3, -0.25) is 10.1 Å². The summed E-state index contributed by atoms with van der Waals surface area (Å²) in [4.78, 5) is 11.4. The van der Waals surface area contributed by atoms with Crippen molar-refractivity contribution < 1.29 is 26.9 Å². The molecule has 0 saturated carbocycles. The Kier molecular flexibility index (Phi) is 3.76. The molecule has 0 aliphatic rings. The molecular weight excluding hydrogens is 276 g/mol. The van der Waals surface area contributed by atoms with Crippen molar-refractivity contribution in [2.45, 2.75) is 11.3 Å². The maximum atomic E-state index is 12.6. The number of aromatic nitrogens is 1. The molecule has 0 saturated heterocycles. The lowest BCUT2D eigenvalue weighted by Crippen LogP contribution is -2.18. The van der Waals surface area contributed by atoms with E-state index in [9.17, 15) is 27.3 Å². The zero-order valence-electron chi connectivity index (χ0n) is 8.83. The average molecular weight is 283 g/mol. The molecule has 11 heteroatoms. The van der Waals surface area contributed by atoms with E-state index in [0.717, 1.165) is 7.11 Å². The summed E-state index contributed by atoms with van der Waals surface area (Å²) >= 11 is 0. The second-order valence-corrected chi connectivity index (χ2v) is 4.49. The summed E-state index contributed by atoms with van der Waals surface area (Å²) in [5, 5.41) is 15.5. The van der Waals surface area contributed by atoms with Gasteiger partial charge in [0, 0.05) is 0 Å². The van der Waals surface area contributed by atoms with Gasteiger partial charge in [0.05, 0.1) is 18.2 Å². The second-order valence-electron chi connectivity index (χ2n) is 2.99. The third-order valence-corrected chi connectivity index (χ3v) is 2.87. The van der Waals surface area contributed by atoms with Gasteiger partial charge in [-0.25, -0.2) is 27.3 Å². The summed E-state index contributed by atoms with van der Waals surface area (Å²) < 4.78 is 52.1. The molecule has 0 aliphatic carbocycles. The Balaban J connectivity index is 3.83. The van der Waals surface area contributed by atoms with Crippen molar-refractivity contribution in [3.8, 4) is 5.75 Å². The Morgan fingerprint density at radius 1 is 1.56 bits per heavy atom. The third-order valence-electron chi connectivity index (χ3n) is 1.90. The number of sulfonamides is 1. The highest BCUT2D eigenvalue weighted by Crippen LogP contribution is 2.37. The van der Waals surface area contributed by atoms with E-state index in [1.807, 2.05) is 0 Å². The Hall–Kier alpha value is -1.88. The zero-order valence-corrected chi connectivity index (χ0v) is 9.65. The SMILES string of the molecule is COc1cnc(C(F)F)c(S(N)(=O)=O)c1[N+](=O)[O-]. The average Bonchev–Trinajstić information content (AvgIpc) is 2.25. The second kappa shape index (κ2) is 4.78. The predicted molar refractivity (Wildman–Crippen MR) is 53.8 cm³/mol. The highest BCUT2D eigenvalue weighted by molar-refractivity contribution is 7.89. The molecule has 0 radical (unpaired) electrons. The number of nitrogens with two attached hydrogens (primary N) is 1. The molecule has 2 N–H and O–H groups in total. The molecule has 1 aromatic rings. The van der Waals surface area contributed by atoms with E-state index in [-0.39, 0.29) is 0 Å². The molecule has 1 heterocycles. The summed E-state index contributed by atoms with van der Waals surface area (Å²) in [5.74, 6) is -0.576. The first-order valence-corrected chi connectivity index (χ1v) is 5.77. The van der Waals surface area contributed by atoms with Crippen LogP contribution in [0.15, 0.2) is 11.1 Å². The minimum absolute atomic E-state index is 0.576. The molecule has 18 heavy (non-hydrogen) atoms. The van der Waals surface area contributed by atoms with Gasteiger partial charge in [-0.1, -0.05) is 0 Å². The van der Waals surface area contributed by atoms with Crippen molar-refractivity contribution in [1.29, 1.82) is 0 Å². The molecule has 0 aliphatic heterocycles. The maximum absolute atomic E-state index is 12.6. The number of primary sulfonamides is 1. The fraction of sp³-hybridized carbons (Fsp3) is 0.286. The van der Waals surface area contributed by atoms with Crippen LogP contribution in [0.3, 0.4) is 0 Å². The highest BCUT2D eigenvalue weighted by Gasteiger charge is 2.35. The van der Waals surface area contributed by atoms with E-state index in [2.05, 4.69) is 9.72 Å². The van der Waals surface area contributed by atoms with E-state index in [0.29, 0.717) is 6.20 Å². The van der Waals surface area contributed by atoms with Crippen LogP contribution in [0.1, 0.15) is 12.1 Å². The fourth-order valence-corrected chi connectivity index (χ4v) is 2.12. The van der Waals surface area contributed by atoms with Crippen LogP contribution in [0, 0.1) is 10.1 Å². The number of nitro groups is 1. The lowest BCUT2D eigenvalue weighted by molar-refractivity contribution is -0.389. The Morgan fingerprint density at radius 3 is 2.44 bits per heavy atom. The summed E-state index contributed by atoms with van der Waals surface area (Å²) in [5.41, 5.74) is -2.45. The zero-order chi connectivity index (χ0) is 14.1. The van der Waals surface area contributed by atoms with E-state index < -0.39 is 43.4 Å². The van der Waals surface area contributed by atoms with Crippen LogP contribution >= 0.6 is 0 Å². The molecule has 0 bridgehead atoms. The van der Waals surface area contributed by atoms with E-state index >= 15 is 0 Å². The fourth-order valence-electron chi connectivity index (χ4n) is 1.24. The number of nitrogens with zero attached hydrogens (tertiary/aromatic N) is 2. The van der Waals surface area contributed by atoms with Crippen molar-refractivity contribution >= 4 is 15.7 Å². The molecule has 0 amide bonds. The summed E-state index contributed by atoms with van der Waals surface area (Å²) in [6.45, 7) is 0. The van der Waals surface area contributed by atoms with Gasteiger partial charge in [-0.05, 0) is 0 Å². The van der Waals surface area contributed by atoms with Crippen molar-refractivity contribution in [3.63, 3.8) is 0 Å². The number of hydrogen-bond acceptors (Lipinski definition) is 6. The van der Waals surface area contributed by atoms with Gasteiger partial charge in [0.1, 0.15) is 5.69 Å². The van der Waals surface area contributed by atoms with E-state index in [4.69, 9.17) is 5.14 Å². The minimum atomic E-state index is -4.75. The van der Waals surface area contributed by atoms with Gasteiger partial charge >= 0.3 is 5.69 Å². The minimum Gasteiger partial charge on any atom is -0.489 e. The first-order chi connectivity index (χ1) is 8.20. The van der Waals surface area contributed by atoms with Crippen LogP contribution < -0.4 is 9.88 Å². The van der Waals surface area contributed by atoms with Gasteiger partial charge in [0.2, 0.25) is 15.8 Å². The molecule has 0 aromatic carbocycles. The summed E-state index contributed by atoms with van der Waals surface area (Å²) in [6.07, 6.45) is -2.70. The van der Waals surface area contributed by atoms with Gasteiger partial charge in [-0.15, -0.1) is 0 Å². The Labute approximate surface area is 99.6 Å². The van der Waals surface area contributed by atoms with Gasteiger partial charge in [0.15, 0.2) is 4.90 Å². The lowest BCUT2D eigenvalue weighted by atomic mass is 10.3. The monoisotopic (exact) mass is 283 g/mol. The molecule has 0 fully saturated rings. The Bertz CT molecular complexity index is 589. The maximum Gasteiger partial charge on any atom is 0.334 e. The van der Waals surface area contributed by atoms with Gasteiger partial charge in [-0.2, -0.15) is 0 Å². The number of pyridine rings is 1. The normalized spacial score (nSPS) is 11.6. The van der Waals surface area contributed by atoms with Crippen molar-refractivity contribution in [2.24, 2.45) is 5.14 Å². The largest absolute Gasteiger partial charge is 0.489 e. The molecule has 0 spiro atoms. The van der Waals surface area contributed by atoms with Crippen LogP contribution in [0.4, 0.5) is 14.5 Å². The first-order valence-electron chi connectivity index (χ1n) is 4.22. The van der Waals surface area contributed by atoms with E-state index in [1.54, 1.807) is 0 Å². The standard InChI is InChI=1S/C7H7F2N3O5S/c1-17-3-2-11-4(7(8)9)6(18(10,15)16)5(3)12(13)14/h2,7H,1H3,(H2,10,15,16). The van der Waals surface area contributed by atoms with Crippen LogP contribution in [0.5, 0.6) is 5.75 Å². The molecule has 8 nitrogen and oxygen atoms in total. The van der Waals surface area contributed by atoms with E-state index in [1.165, 1.54) is 0 Å². The molecule has 100 valence electrons. The molecule has 1 rings (SSSR count). The molecule has 0 atom stereocenters. The highest BCUT2D eigenvalue weighted by atomic mass is 32.2. The molecule has 1 aromatic heterocycles. The number of alkyl halides is 2. The van der Waals surface area contributed by atoms with Crippen LogP contribution in [-0.2, 0) is 10.0 Å². The topological polar surface area (TPSA) is 125 Å². The number of ether oxygens (including phenoxy) is 1. The molecular formula is C7H7F2N3O5S. The van der Waals surface area contributed by atoms with Gasteiger partial charge < -0.3 is 4.74 Å². The van der Waals surface area contributed by atoms with Crippen LogP contribution in [0.2, 0.25) is 0 Å². The smallest absolute Gasteiger partial charge is 0.334 e. The Morgan fingerprint density at radius 2 is 2.11 bits per heavy atom. The van der Waals surface area contributed by atoms with Crippen LogP contribution in [-0.4, -0.2) is 25.4 Å². The summed E-state index contributed by atoms with van der Waals surface area (Å²) in [7, 11) is -3.75. The third kappa shape index (κ3) is 2.51. The quantitative estimate of drug-likeness (QED) is 0.636. The molecule has 0 unspecified atom stereocenters. The van der Waals surface area contributed by atoms with Crippen molar-refractivity contribution in [3.05, 3.63) is 22.0 Å². The first kappa shape index (κ1) is 14.2. The van der Waals surface area contributed by atoms with Crippen molar-refractivity contribution in [2.75, 3.05) is 7.11 Å². The van der Waals surface area contributed by atoms with Gasteiger partial charge in [0.25, 0.3) is 6.43 Å². The van der Waals surface area contributed by atoms with Crippen molar-refractivity contribution in [1.82, 2.24) is 4.98 Å². The number of hydrogen-bond donors (Lipinski definition) is 1. The predicted octanol–water partition coefficient (Wildman–Crippen LogP) is 0.583. The number of halogens is 2. The lowest BCUT2D eigenvalue weighted by Gasteiger charge is -2.09.